The molecule has 2 rings (SSSR count). The summed E-state index contributed by atoms with van der Waals surface area (Å²) in [4.78, 5) is 2.66. The fourth-order valence-corrected chi connectivity index (χ4v) is 2.98. The summed E-state index contributed by atoms with van der Waals surface area (Å²) in [6, 6.07) is 10.3. The summed E-state index contributed by atoms with van der Waals surface area (Å²) in [6.45, 7) is 7.79. The summed E-state index contributed by atoms with van der Waals surface area (Å²) < 4.78 is 0. The second kappa shape index (κ2) is 6.53. The van der Waals surface area contributed by atoms with Gasteiger partial charge in [-0.3, -0.25) is 4.90 Å². The van der Waals surface area contributed by atoms with Crippen molar-refractivity contribution in [3.63, 3.8) is 0 Å². The molecular weight excluding hydrogens is 232 g/mol. The zero-order chi connectivity index (χ0) is 13.8. The molecule has 0 aromatic heterocycles. The molecule has 0 saturated heterocycles. The maximum absolute atomic E-state index is 6.45. The van der Waals surface area contributed by atoms with Crippen LogP contribution in [0.15, 0.2) is 24.3 Å². The van der Waals surface area contributed by atoms with E-state index in [2.05, 4.69) is 49.9 Å². The van der Waals surface area contributed by atoms with Crippen LogP contribution in [-0.4, -0.2) is 23.5 Å². The SMILES string of the molecule is CCCN(C1CC1)C(c1cccc(C)c1)C(N)CC. The molecule has 19 heavy (non-hydrogen) atoms. The second-order valence-electron chi connectivity index (χ2n) is 5.90. The quantitative estimate of drug-likeness (QED) is 0.811. The van der Waals surface area contributed by atoms with E-state index in [4.69, 9.17) is 5.73 Å². The van der Waals surface area contributed by atoms with Gasteiger partial charge >= 0.3 is 0 Å². The maximum Gasteiger partial charge on any atom is 0.0502 e. The Bertz CT molecular complexity index is 398. The number of rotatable bonds is 7. The predicted octanol–water partition coefficient (Wildman–Crippen LogP) is 3.65. The number of hydrogen-bond donors (Lipinski definition) is 1. The number of hydrogen-bond acceptors (Lipinski definition) is 2. The molecule has 2 nitrogen and oxygen atoms in total. The molecule has 0 aliphatic heterocycles. The van der Waals surface area contributed by atoms with Gasteiger partial charge in [-0.25, -0.2) is 0 Å². The highest BCUT2D eigenvalue weighted by atomic mass is 15.2. The Morgan fingerprint density at radius 3 is 2.58 bits per heavy atom. The summed E-state index contributed by atoms with van der Waals surface area (Å²) in [5, 5.41) is 0. The summed E-state index contributed by atoms with van der Waals surface area (Å²) in [5.41, 5.74) is 9.18. The van der Waals surface area contributed by atoms with Crippen LogP contribution >= 0.6 is 0 Å². The minimum atomic E-state index is 0.231. The van der Waals surface area contributed by atoms with Crippen LogP contribution in [0.25, 0.3) is 0 Å². The summed E-state index contributed by atoms with van der Waals surface area (Å²) in [6.07, 6.45) is 4.93. The lowest BCUT2D eigenvalue weighted by atomic mass is 9.94. The van der Waals surface area contributed by atoms with Crippen molar-refractivity contribution in [3.05, 3.63) is 35.4 Å². The van der Waals surface area contributed by atoms with Crippen LogP contribution in [0.4, 0.5) is 0 Å². The zero-order valence-electron chi connectivity index (χ0n) is 12.6. The van der Waals surface area contributed by atoms with Crippen molar-refractivity contribution in [2.24, 2.45) is 5.73 Å². The monoisotopic (exact) mass is 260 g/mol. The van der Waals surface area contributed by atoms with Crippen LogP contribution in [0.2, 0.25) is 0 Å². The van der Waals surface area contributed by atoms with Crippen molar-refractivity contribution in [3.8, 4) is 0 Å². The molecule has 1 fully saturated rings. The van der Waals surface area contributed by atoms with Crippen LogP contribution in [0.1, 0.15) is 56.7 Å². The molecule has 0 bridgehead atoms. The Labute approximate surface area is 118 Å². The molecular formula is C17H28N2. The Hall–Kier alpha value is -0.860. The maximum atomic E-state index is 6.45. The average molecular weight is 260 g/mol. The standard InChI is InChI=1S/C17H28N2/c1-4-11-19(15-9-10-15)17(16(18)5-2)14-8-6-7-13(3)12-14/h6-8,12,15-17H,4-5,9-11,18H2,1-3H3. The molecule has 2 heteroatoms. The summed E-state index contributed by atoms with van der Waals surface area (Å²) >= 11 is 0. The highest BCUT2D eigenvalue weighted by molar-refractivity contribution is 5.27. The van der Waals surface area contributed by atoms with Gasteiger partial charge in [0.15, 0.2) is 0 Å². The van der Waals surface area contributed by atoms with Crippen LogP contribution < -0.4 is 5.73 Å². The Kier molecular flexibility index (Phi) is 5.00. The van der Waals surface area contributed by atoms with E-state index in [-0.39, 0.29) is 6.04 Å². The van der Waals surface area contributed by atoms with E-state index in [0.717, 1.165) is 19.0 Å². The highest BCUT2D eigenvalue weighted by Gasteiger charge is 2.36. The first-order valence-electron chi connectivity index (χ1n) is 7.75. The average Bonchev–Trinajstić information content (AvgIpc) is 3.22. The van der Waals surface area contributed by atoms with Gasteiger partial charge in [-0.15, -0.1) is 0 Å². The van der Waals surface area contributed by atoms with Crippen molar-refractivity contribution in [1.82, 2.24) is 4.90 Å². The molecule has 0 amide bonds. The fraction of sp³-hybridized carbons (Fsp3) is 0.647. The van der Waals surface area contributed by atoms with Crippen molar-refractivity contribution >= 4 is 0 Å². The normalized spacial score (nSPS) is 18.6. The molecule has 0 spiro atoms. The molecule has 1 aromatic rings. The third kappa shape index (κ3) is 3.58. The molecule has 0 heterocycles. The number of nitrogens with zero attached hydrogens (tertiary/aromatic N) is 1. The number of nitrogens with two attached hydrogens (primary N) is 1. The molecule has 1 saturated carbocycles. The lowest BCUT2D eigenvalue weighted by Crippen LogP contribution is -2.42. The van der Waals surface area contributed by atoms with Gasteiger partial charge in [0.05, 0.1) is 6.04 Å². The second-order valence-corrected chi connectivity index (χ2v) is 5.90. The van der Waals surface area contributed by atoms with Gasteiger partial charge in [-0.05, 0) is 44.7 Å². The first-order chi connectivity index (χ1) is 9.17. The Morgan fingerprint density at radius 2 is 2.05 bits per heavy atom. The van der Waals surface area contributed by atoms with E-state index >= 15 is 0 Å². The van der Waals surface area contributed by atoms with Crippen LogP contribution in [0.5, 0.6) is 0 Å². The van der Waals surface area contributed by atoms with Crippen LogP contribution in [-0.2, 0) is 0 Å². The predicted molar refractivity (Wildman–Crippen MR) is 82.2 cm³/mol. The van der Waals surface area contributed by atoms with E-state index in [0.29, 0.717) is 6.04 Å². The molecule has 2 atom stereocenters. The molecule has 2 N–H and O–H groups in total. The molecule has 0 radical (unpaired) electrons. The van der Waals surface area contributed by atoms with Gasteiger partial charge in [0.2, 0.25) is 0 Å². The molecule has 106 valence electrons. The molecule has 1 aliphatic carbocycles. The van der Waals surface area contributed by atoms with E-state index in [1.807, 2.05) is 0 Å². The topological polar surface area (TPSA) is 29.3 Å². The van der Waals surface area contributed by atoms with Gasteiger partial charge < -0.3 is 5.73 Å². The molecule has 1 aromatic carbocycles. The highest BCUT2D eigenvalue weighted by Crippen LogP contribution is 2.36. The lowest BCUT2D eigenvalue weighted by molar-refractivity contribution is 0.159. The summed E-state index contributed by atoms with van der Waals surface area (Å²) in [5.74, 6) is 0. The van der Waals surface area contributed by atoms with Crippen LogP contribution in [0.3, 0.4) is 0 Å². The number of benzene rings is 1. The lowest BCUT2D eigenvalue weighted by Gasteiger charge is -2.36. The minimum Gasteiger partial charge on any atom is -0.326 e. The van der Waals surface area contributed by atoms with Gasteiger partial charge in [0.1, 0.15) is 0 Å². The van der Waals surface area contributed by atoms with Gasteiger partial charge in [0.25, 0.3) is 0 Å². The minimum absolute atomic E-state index is 0.231. The van der Waals surface area contributed by atoms with E-state index in [1.165, 1.54) is 30.4 Å². The van der Waals surface area contributed by atoms with Gasteiger partial charge in [-0.1, -0.05) is 43.7 Å². The van der Waals surface area contributed by atoms with Crippen molar-refractivity contribution in [2.75, 3.05) is 6.54 Å². The smallest absolute Gasteiger partial charge is 0.0502 e. The van der Waals surface area contributed by atoms with E-state index in [1.54, 1.807) is 0 Å². The zero-order valence-corrected chi connectivity index (χ0v) is 12.6. The summed E-state index contributed by atoms with van der Waals surface area (Å²) in [7, 11) is 0. The van der Waals surface area contributed by atoms with Crippen molar-refractivity contribution < 1.29 is 0 Å². The van der Waals surface area contributed by atoms with Crippen molar-refractivity contribution in [2.45, 2.75) is 64.6 Å². The Balaban J connectivity index is 2.28. The van der Waals surface area contributed by atoms with E-state index < -0.39 is 0 Å². The third-order valence-corrected chi connectivity index (χ3v) is 4.12. The van der Waals surface area contributed by atoms with E-state index in [9.17, 15) is 0 Å². The third-order valence-electron chi connectivity index (χ3n) is 4.12. The molecule has 1 aliphatic rings. The van der Waals surface area contributed by atoms with Gasteiger partial charge in [0, 0.05) is 12.1 Å². The van der Waals surface area contributed by atoms with Crippen molar-refractivity contribution in [1.29, 1.82) is 0 Å². The first-order valence-corrected chi connectivity index (χ1v) is 7.75. The first kappa shape index (κ1) is 14.5. The van der Waals surface area contributed by atoms with Gasteiger partial charge in [-0.2, -0.15) is 0 Å². The molecule has 2 unspecified atom stereocenters. The fourth-order valence-electron chi connectivity index (χ4n) is 2.98. The Morgan fingerprint density at radius 1 is 1.32 bits per heavy atom. The van der Waals surface area contributed by atoms with Crippen LogP contribution in [0, 0.1) is 6.92 Å². The number of aryl methyl sites for hydroxylation is 1. The largest absolute Gasteiger partial charge is 0.326 e.